The van der Waals surface area contributed by atoms with E-state index in [1.54, 1.807) is 11.7 Å². The number of likely N-dealkylation sites (tertiary alicyclic amines) is 1. The van der Waals surface area contributed by atoms with Crippen LogP contribution in [0.5, 0.6) is 0 Å². The lowest BCUT2D eigenvalue weighted by atomic mass is 9.98. The number of ether oxygens (including phenoxy) is 1. The number of nitrogen functional groups attached to an aromatic ring is 1. The number of aldehydes is 1. The molecule has 6 heteroatoms. The van der Waals surface area contributed by atoms with Crippen molar-refractivity contribution in [2.45, 2.75) is 24.8 Å². The highest BCUT2D eigenvalue weighted by atomic mass is 16.5. The van der Waals surface area contributed by atoms with Crippen molar-refractivity contribution in [2.24, 2.45) is 18.9 Å². The van der Waals surface area contributed by atoms with E-state index in [9.17, 15) is 4.79 Å². The second kappa shape index (κ2) is 4.81. The van der Waals surface area contributed by atoms with Gasteiger partial charge in [-0.15, -0.1) is 0 Å². The molecule has 3 aliphatic rings. The quantitative estimate of drug-likeness (QED) is 0.827. The summed E-state index contributed by atoms with van der Waals surface area (Å²) in [5, 5.41) is 4.50. The van der Waals surface area contributed by atoms with Gasteiger partial charge in [0, 0.05) is 26.1 Å². The maximum absolute atomic E-state index is 11.3. The van der Waals surface area contributed by atoms with E-state index in [1.807, 2.05) is 0 Å². The normalized spacial score (nSPS) is 33.1. The minimum absolute atomic E-state index is 0.392. The highest BCUT2D eigenvalue weighted by Gasteiger charge is 2.45. The molecule has 0 aromatic carbocycles. The average Bonchev–Trinajstić information content (AvgIpc) is 3.00. The molecule has 0 spiro atoms. The van der Waals surface area contributed by atoms with Gasteiger partial charge in [0.25, 0.3) is 0 Å². The van der Waals surface area contributed by atoms with E-state index < -0.39 is 0 Å². The molecule has 1 aromatic rings. The summed E-state index contributed by atoms with van der Waals surface area (Å²) >= 11 is 0. The number of aryl methyl sites for hydroxylation is 1. The van der Waals surface area contributed by atoms with E-state index in [2.05, 4.69) is 10.00 Å². The Bertz CT molecular complexity index is 552. The Morgan fingerprint density at radius 3 is 2.48 bits per heavy atom. The largest absolute Gasteiger partial charge is 0.383 e. The summed E-state index contributed by atoms with van der Waals surface area (Å²) in [6.07, 6.45) is 3.13. The number of rotatable bonds is 3. The fourth-order valence-corrected chi connectivity index (χ4v) is 4.29. The molecule has 6 nitrogen and oxygen atoms in total. The topological polar surface area (TPSA) is 73.4 Å². The van der Waals surface area contributed by atoms with Crippen molar-refractivity contribution < 1.29 is 9.53 Å². The fourth-order valence-electron chi connectivity index (χ4n) is 4.29. The van der Waals surface area contributed by atoms with E-state index in [1.165, 1.54) is 13.1 Å². The van der Waals surface area contributed by atoms with Gasteiger partial charge in [0.05, 0.1) is 30.5 Å². The van der Waals surface area contributed by atoms with Crippen LogP contribution in [0.25, 0.3) is 0 Å². The molecule has 2 N–H and O–H groups in total. The molecule has 2 unspecified atom stereocenters. The van der Waals surface area contributed by atoms with E-state index in [0.29, 0.717) is 23.3 Å². The first kappa shape index (κ1) is 13.3. The molecule has 1 aromatic heterocycles. The van der Waals surface area contributed by atoms with Gasteiger partial charge in [-0.05, 0) is 24.7 Å². The lowest BCUT2D eigenvalue weighted by molar-refractivity contribution is -0.0594. The average molecular weight is 290 g/mol. The summed E-state index contributed by atoms with van der Waals surface area (Å²) < 4.78 is 6.93. The Morgan fingerprint density at radius 1 is 1.29 bits per heavy atom. The van der Waals surface area contributed by atoms with Gasteiger partial charge >= 0.3 is 0 Å². The summed E-state index contributed by atoms with van der Waals surface area (Å²) in [6, 6.07) is 0.644. The van der Waals surface area contributed by atoms with Crippen molar-refractivity contribution in [3.63, 3.8) is 0 Å². The Balaban J connectivity index is 1.49. The Labute approximate surface area is 124 Å². The number of carbonyl (C=O) groups is 1. The molecule has 2 atom stereocenters. The summed E-state index contributed by atoms with van der Waals surface area (Å²) in [4.78, 5) is 13.9. The lowest BCUT2D eigenvalue weighted by Gasteiger charge is -2.35. The third-order valence-electron chi connectivity index (χ3n) is 5.58. The summed E-state index contributed by atoms with van der Waals surface area (Å²) in [5.74, 6) is 2.35. The number of hydrogen-bond acceptors (Lipinski definition) is 5. The maximum atomic E-state index is 11.3. The summed E-state index contributed by atoms with van der Waals surface area (Å²) in [5.41, 5.74) is 7.45. The van der Waals surface area contributed by atoms with Crippen LogP contribution >= 0.6 is 0 Å². The molecule has 1 aliphatic carbocycles. The van der Waals surface area contributed by atoms with Crippen LogP contribution in [0.3, 0.4) is 0 Å². The van der Waals surface area contributed by atoms with Crippen LogP contribution in [-0.2, 0) is 11.8 Å². The molecule has 3 heterocycles. The van der Waals surface area contributed by atoms with Gasteiger partial charge in [-0.1, -0.05) is 0 Å². The minimum atomic E-state index is 0.392. The van der Waals surface area contributed by atoms with Crippen LogP contribution in [0.15, 0.2) is 0 Å². The van der Waals surface area contributed by atoms with Crippen molar-refractivity contribution in [1.82, 2.24) is 14.7 Å². The highest BCUT2D eigenvalue weighted by molar-refractivity contribution is 5.83. The van der Waals surface area contributed by atoms with Crippen LogP contribution in [0.4, 0.5) is 5.82 Å². The smallest absolute Gasteiger partial charge is 0.155 e. The molecule has 3 fully saturated rings. The molecule has 1 saturated carbocycles. The zero-order valence-electron chi connectivity index (χ0n) is 12.4. The van der Waals surface area contributed by atoms with E-state index in [-0.39, 0.29) is 0 Å². The highest BCUT2D eigenvalue weighted by Crippen LogP contribution is 2.47. The van der Waals surface area contributed by atoms with Crippen LogP contribution in [0.1, 0.15) is 34.8 Å². The third kappa shape index (κ3) is 2.00. The lowest BCUT2D eigenvalue weighted by Crippen LogP contribution is -2.48. The number of nitrogens with two attached hydrogens (primary N) is 1. The van der Waals surface area contributed by atoms with Gasteiger partial charge in [0.15, 0.2) is 6.29 Å². The summed E-state index contributed by atoms with van der Waals surface area (Å²) in [6.45, 7) is 4.14. The second-order valence-corrected chi connectivity index (χ2v) is 6.76. The zero-order chi connectivity index (χ0) is 14.6. The first-order valence-electron chi connectivity index (χ1n) is 7.76. The molecule has 0 bridgehead atoms. The van der Waals surface area contributed by atoms with Crippen LogP contribution < -0.4 is 5.73 Å². The third-order valence-corrected chi connectivity index (χ3v) is 5.58. The molecule has 0 radical (unpaired) electrons. The van der Waals surface area contributed by atoms with Gasteiger partial charge in [-0.2, -0.15) is 5.10 Å². The molecule has 2 saturated heterocycles. The van der Waals surface area contributed by atoms with Gasteiger partial charge < -0.3 is 10.5 Å². The van der Waals surface area contributed by atoms with Crippen molar-refractivity contribution in [2.75, 3.05) is 32.0 Å². The Hall–Kier alpha value is -1.40. The number of fused-ring (bicyclic) bond motifs is 1. The number of aromatic nitrogens is 2. The molecule has 0 amide bonds. The van der Waals surface area contributed by atoms with Gasteiger partial charge in [0.2, 0.25) is 0 Å². The van der Waals surface area contributed by atoms with Gasteiger partial charge in [0.1, 0.15) is 5.82 Å². The SMILES string of the molecule is Cn1nc(C2CC3CN(C4COC4)CC3C2)c(C=O)c1N. The van der Waals surface area contributed by atoms with Gasteiger partial charge in [-0.3, -0.25) is 14.4 Å². The standard InChI is InChI=1S/C15H22N4O2/c1-18-15(16)13(6-20)14(17-18)9-2-10-4-19(5-11(10)3-9)12-7-21-8-12/h6,9-12H,2-5,7-8,16H2,1H3. The monoisotopic (exact) mass is 290 g/mol. The van der Waals surface area contributed by atoms with Crippen molar-refractivity contribution in [3.8, 4) is 0 Å². The second-order valence-electron chi connectivity index (χ2n) is 6.76. The number of nitrogens with zero attached hydrogens (tertiary/aromatic N) is 3. The van der Waals surface area contributed by atoms with Crippen molar-refractivity contribution >= 4 is 12.1 Å². The molecule has 21 heavy (non-hydrogen) atoms. The van der Waals surface area contributed by atoms with Crippen LogP contribution in [0.2, 0.25) is 0 Å². The molecule has 4 rings (SSSR count). The fraction of sp³-hybridized carbons (Fsp3) is 0.733. The minimum Gasteiger partial charge on any atom is -0.383 e. The first-order chi connectivity index (χ1) is 10.2. The van der Waals surface area contributed by atoms with E-state index in [4.69, 9.17) is 10.5 Å². The number of anilines is 1. The predicted octanol–water partition coefficient (Wildman–Crippen LogP) is 0.639. The van der Waals surface area contributed by atoms with E-state index >= 15 is 0 Å². The van der Waals surface area contributed by atoms with Crippen molar-refractivity contribution in [1.29, 1.82) is 0 Å². The predicted molar refractivity (Wildman–Crippen MR) is 78.1 cm³/mol. The Kier molecular flexibility index (Phi) is 3.04. The maximum Gasteiger partial charge on any atom is 0.155 e. The molecule has 2 aliphatic heterocycles. The number of hydrogen-bond donors (Lipinski definition) is 1. The molecular weight excluding hydrogens is 268 g/mol. The molecular formula is C15H22N4O2. The summed E-state index contributed by atoms with van der Waals surface area (Å²) in [7, 11) is 1.81. The van der Waals surface area contributed by atoms with Gasteiger partial charge in [-0.25, -0.2) is 0 Å². The van der Waals surface area contributed by atoms with Crippen molar-refractivity contribution in [3.05, 3.63) is 11.3 Å². The number of carbonyl (C=O) groups excluding carboxylic acids is 1. The first-order valence-corrected chi connectivity index (χ1v) is 7.76. The van der Waals surface area contributed by atoms with Crippen LogP contribution in [-0.4, -0.2) is 53.3 Å². The zero-order valence-corrected chi connectivity index (χ0v) is 12.4. The Morgan fingerprint density at radius 2 is 1.95 bits per heavy atom. The molecule has 114 valence electrons. The van der Waals surface area contributed by atoms with Crippen LogP contribution in [0, 0.1) is 11.8 Å². The van der Waals surface area contributed by atoms with E-state index in [0.717, 1.165) is 49.9 Å².